The van der Waals surface area contributed by atoms with Crippen LogP contribution in [0.25, 0.3) is 0 Å². The molecule has 0 radical (unpaired) electrons. The lowest BCUT2D eigenvalue weighted by Crippen LogP contribution is -2.35. The Kier molecular flexibility index (Phi) is 5.53. The van der Waals surface area contributed by atoms with Gasteiger partial charge in [-0.15, -0.1) is 17.9 Å². The summed E-state index contributed by atoms with van der Waals surface area (Å²) in [6, 6.07) is 3.81. The Morgan fingerprint density at radius 2 is 2.22 bits per heavy atom. The summed E-state index contributed by atoms with van der Waals surface area (Å²) in [7, 11) is 0. The summed E-state index contributed by atoms with van der Waals surface area (Å²) >= 11 is 1.93. The summed E-state index contributed by atoms with van der Waals surface area (Å²) in [5, 5.41) is 4.09. The Bertz CT molecular complexity index is 791. The Morgan fingerprint density at radius 1 is 1.33 bits per heavy atom. The average molecular weight is 383 g/mol. The number of thiazole rings is 1. The van der Waals surface area contributed by atoms with Crippen molar-refractivity contribution in [1.82, 2.24) is 15.3 Å². The highest BCUT2D eigenvalue weighted by atomic mass is 32.1. The van der Waals surface area contributed by atoms with Gasteiger partial charge in [-0.05, 0) is 50.7 Å². The van der Waals surface area contributed by atoms with Crippen molar-refractivity contribution in [3.63, 3.8) is 0 Å². The van der Waals surface area contributed by atoms with Gasteiger partial charge in [-0.2, -0.15) is 0 Å². The van der Waals surface area contributed by atoms with E-state index < -0.39 is 0 Å². The van der Waals surface area contributed by atoms with E-state index in [0.29, 0.717) is 18.0 Å². The molecule has 142 valence electrons. The molecule has 1 aliphatic heterocycles. The minimum Gasteiger partial charge on any atom is -0.356 e. The summed E-state index contributed by atoms with van der Waals surface area (Å²) in [5.41, 5.74) is 1.94. The van der Waals surface area contributed by atoms with Gasteiger partial charge in [0.1, 0.15) is 5.82 Å². The normalized spacial score (nSPS) is 19.4. The van der Waals surface area contributed by atoms with Crippen molar-refractivity contribution in [1.29, 1.82) is 0 Å². The molecule has 2 aromatic rings. The molecule has 0 bridgehead atoms. The highest BCUT2D eigenvalue weighted by Gasteiger charge is 2.26. The maximum absolute atomic E-state index is 12.0. The number of carbonyl (C=O) groups excluding carboxylic acids is 1. The summed E-state index contributed by atoms with van der Waals surface area (Å²) in [5.74, 6) is 1.33. The number of fused-ring (bicyclic) bond motifs is 1. The molecule has 0 aromatic carbocycles. The third-order valence-electron chi connectivity index (χ3n) is 5.37. The van der Waals surface area contributed by atoms with Crippen molar-refractivity contribution in [2.75, 3.05) is 24.5 Å². The van der Waals surface area contributed by atoms with E-state index in [2.05, 4.69) is 21.8 Å². The molecule has 3 heterocycles. The van der Waals surface area contributed by atoms with Crippen LogP contribution in [0, 0.1) is 0 Å². The number of nitrogens with zero attached hydrogens (tertiary/aromatic N) is 3. The Labute approximate surface area is 164 Å². The first kappa shape index (κ1) is 18.2. The Morgan fingerprint density at radius 3 is 3.00 bits per heavy atom. The molecule has 2 aromatic heterocycles. The first-order valence-electron chi connectivity index (χ1n) is 9.83. The molecule has 1 atom stereocenters. The highest BCUT2D eigenvalue weighted by Crippen LogP contribution is 2.35. The van der Waals surface area contributed by atoms with Crippen molar-refractivity contribution in [3.05, 3.63) is 52.1 Å². The van der Waals surface area contributed by atoms with Crippen LogP contribution in [0.4, 0.5) is 5.82 Å². The second-order valence-corrected chi connectivity index (χ2v) is 8.43. The van der Waals surface area contributed by atoms with E-state index in [4.69, 9.17) is 4.98 Å². The zero-order chi connectivity index (χ0) is 18.6. The molecule has 1 aliphatic carbocycles. The molecule has 6 heteroatoms. The minimum absolute atomic E-state index is 0.112. The fourth-order valence-electron chi connectivity index (χ4n) is 3.91. The van der Waals surface area contributed by atoms with Gasteiger partial charge >= 0.3 is 0 Å². The zero-order valence-corrected chi connectivity index (χ0v) is 16.4. The third-order valence-corrected chi connectivity index (χ3v) is 6.69. The highest BCUT2D eigenvalue weighted by molar-refractivity contribution is 7.11. The van der Waals surface area contributed by atoms with Gasteiger partial charge in [-0.25, -0.2) is 9.97 Å². The number of hydrogen-bond acceptors (Lipinski definition) is 5. The molecule has 5 nitrogen and oxygen atoms in total. The van der Waals surface area contributed by atoms with Crippen LogP contribution in [-0.2, 0) is 12.8 Å². The van der Waals surface area contributed by atoms with Crippen molar-refractivity contribution >= 4 is 23.1 Å². The predicted molar refractivity (Wildman–Crippen MR) is 110 cm³/mol. The zero-order valence-electron chi connectivity index (χ0n) is 15.6. The van der Waals surface area contributed by atoms with Gasteiger partial charge in [0.05, 0.1) is 16.3 Å². The molecule has 27 heavy (non-hydrogen) atoms. The number of anilines is 1. The fourth-order valence-corrected chi connectivity index (χ4v) is 5.19. The van der Waals surface area contributed by atoms with E-state index in [1.807, 2.05) is 23.5 Å². The number of rotatable bonds is 5. The van der Waals surface area contributed by atoms with E-state index in [1.165, 1.54) is 41.3 Å². The van der Waals surface area contributed by atoms with Gasteiger partial charge in [-0.3, -0.25) is 4.79 Å². The smallest absolute Gasteiger partial charge is 0.253 e. The fraction of sp³-hybridized carbons (Fsp3) is 0.476. The monoisotopic (exact) mass is 382 g/mol. The van der Waals surface area contributed by atoms with E-state index in [-0.39, 0.29) is 5.91 Å². The molecule has 1 N–H and O–H groups in total. The first-order chi connectivity index (χ1) is 13.2. The quantitative estimate of drug-likeness (QED) is 0.801. The summed E-state index contributed by atoms with van der Waals surface area (Å²) in [4.78, 5) is 25.4. The van der Waals surface area contributed by atoms with Crippen LogP contribution in [0.3, 0.4) is 0 Å². The number of aryl methyl sites for hydroxylation is 2. The molecule has 1 saturated heterocycles. The maximum atomic E-state index is 12.0. The minimum atomic E-state index is -0.112. The lowest BCUT2D eigenvalue weighted by Gasteiger charge is -2.32. The topological polar surface area (TPSA) is 58.1 Å². The van der Waals surface area contributed by atoms with Crippen molar-refractivity contribution in [3.8, 4) is 0 Å². The number of nitrogens with one attached hydrogen (secondary N) is 1. The SMILES string of the molecule is C=CCNC(=O)c1ccc(N2CCCC(c3nc4c(s3)CCCC4)C2)nc1. The standard InChI is InChI=1S/C21H26N4OS/c1-2-11-22-20(26)15-9-10-19(23-13-15)25-12-5-6-16(14-25)21-24-17-7-3-4-8-18(17)27-21/h2,9-10,13,16H,1,3-8,11-12,14H2,(H,22,26). The van der Waals surface area contributed by atoms with Crippen LogP contribution in [-0.4, -0.2) is 35.5 Å². The number of piperidine rings is 1. The molecule has 1 amide bonds. The maximum Gasteiger partial charge on any atom is 0.253 e. The summed E-state index contributed by atoms with van der Waals surface area (Å²) < 4.78 is 0. The Hall–Kier alpha value is -2.21. The van der Waals surface area contributed by atoms with Crippen molar-refractivity contribution in [2.24, 2.45) is 0 Å². The predicted octanol–water partition coefficient (Wildman–Crippen LogP) is 3.72. The molecule has 1 unspecified atom stereocenters. The Balaban J connectivity index is 1.44. The number of pyridine rings is 1. The van der Waals surface area contributed by atoms with Gasteiger partial charge in [-0.1, -0.05) is 6.08 Å². The second kappa shape index (κ2) is 8.21. The third kappa shape index (κ3) is 4.05. The van der Waals surface area contributed by atoms with Crippen LogP contribution in [0.1, 0.15) is 57.5 Å². The summed E-state index contributed by atoms with van der Waals surface area (Å²) in [6.07, 6.45) is 10.6. The molecule has 4 rings (SSSR count). The van der Waals surface area contributed by atoms with Gasteiger partial charge in [0.15, 0.2) is 0 Å². The number of hydrogen-bond donors (Lipinski definition) is 1. The van der Waals surface area contributed by atoms with E-state index in [0.717, 1.165) is 31.7 Å². The van der Waals surface area contributed by atoms with Crippen LogP contribution in [0.5, 0.6) is 0 Å². The largest absolute Gasteiger partial charge is 0.356 e. The van der Waals surface area contributed by atoms with Gasteiger partial charge in [0.25, 0.3) is 5.91 Å². The number of aromatic nitrogens is 2. The van der Waals surface area contributed by atoms with Crippen LogP contribution in [0.2, 0.25) is 0 Å². The summed E-state index contributed by atoms with van der Waals surface area (Å²) in [6.45, 7) is 6.05. The van der Waals surface area contributed by atoms with Crippen LogP contribution >= 0.6 is 11.3 Å². The van der Waals surface area contributed by atoms with Gasteiger partial charge < -0.3 is 10.2 Å². The molecule has 1 fully saturated rings. The average Bonchev–Trinajstić information content (AvgIpc) is 3.16. The van der Waals surface area contributed by atoms with E-state index >= 15 is 0 Å². The van der Waals surface area contributed by atoms with Gasteiger partial charge in [0, 0.05) is 36.6 Å². The van der Waals surface area contributed by atoms with Crippen LogP contribution < -0.4 is 10.2 Å². The molecule has 0 spiro atoms. The molecule has 2 aliphatic rings. The van der Waals surface area contributed by atoms with E-state index in [1.54, 1.807) is 12.3 Å². The number of carbonyl (C=O) groups is 1. The van der Waals surface area contributed by atoms with Gasteiger partial charge in [0.2, 0.25) is 0 Å². The second-order valence-electron chi connectivity index (χ2n) is 7.32. The lowest BCUT2D eigenvalue weighted by atomic mass is 9.98. The van der Waals surface area contributed by atoms with Crippen LogP contribution in [0.15, 0.2) is 31.0 Å². The molecular weight excluding hydrogens is 356 g/mol. The van der Waals surface area contributed by atoms with E-state index in [9.17, 15) is 4.79 Å². The molecule has 0 saturated carbocycles. The molecular formula is C21H26N4OS. The van der Waals surface area contributed by atoms with Crippen molar-refractivity contribution < 1.29 is 4.79 Å². The first-order valence-corrected chi connectivity index (χ1v) is 10.6. The van der Waals surface area contributed by atoms with Crippen molar-refractivity contribution in [2.45, 2.75) is 44.4 Å². The lowest BCUT2D eigenvalue weighted by molar-refractivity contribution is 0.0957. The number of amides is 1.